The second kappa shape index (κ2) is 7.41. The maximum atomic E-state index is 9.16. The first-order chi connectivity index (χ1) is 8.45. The van der Waals surface area contributed by atoms with Crippen LogP contribution in [0.15, 0.2) is 60.7 Å². The summed E-state index contributed by atoms with van der Waals surface area (Å²) in [5, 5.41) is 0. The van der Waals surface area contributed by atoms with Gasteiger partial charge < -0.3 is 0 Å². The van der Waals surface area contributed by atoms with Crippen molar-refractivity contribution in [1.29, 1.82) is 0 Å². The molecule has 0 N–H and O–H groups in total. The smallest absolute Gasteiger partial charge is 0.195 e. The maximum absolute atomic E-state index is 9.16. The lowest BCUT2D eigenvalue weighted by Gasteiger charge is -2.00. The Morgan fingerprint density at radius 2 is 1.00 bits per heavy atom. The highest BCUT2D eigenvalue weighted by Gasteiger charge is 1.92. The lowest BCUT2D eigenvalue weighted by atomic mass is 10.1. The lowest BCUT2D eigenvalue weighted by Crippen LogP contribution is -1.85. The Bertz CT molecular complexity index is 509. The first-order valence-electron chi connectivity index (χ1n) is 5.17. The molecule has 96 valence electrons. The van der Waals surface area contributed by atoms with Crippen LogP contribution >= 0.6 is 21.4 Å². The fourth-order valence-corrected chi connectivity index (χ4v) is 1.43. The van der Waals surface area contributed by atoms with Crippen molar-refractivity contribution in [1.82, 2.24) is 0 Å². The van der Waals surface area contributed by atoms with Crippen LogP contribution in [0.25, 0.3) is 0 Å². The highest BCUT2D eigenvalue weighted by Crippen LogP contribution is 2.07. The predicted molar refractivity (Wildman–Crippen MR) is 76.3 cm³/mol. The van der Waals surface area contributed by atoms with Gasteiger partial charge in [0.2, 0.25) is 0 Å². The summed E-state index contributed by atoms with van der Waals surface area (Å²) in [6, 6.07) is 21.1. The number of hydrogen-bond donors (Lipinski definition) is 0. The summed E-state index contributed by atoms with van der Waals surface area (Å²) in [5.41, 5.74) is 2.74. The molecule has 0 atom stereocenters. The van der Waals surface area contributed by atoms with Crippen LogP contribution in [-0.4, -0.2) is 8.42 Å². The number of hydrogen-bond acceptors (Lipinski definition) is 2. The highest BCUT2D eigenvalue weighted by molar-refractivity contribution is 8.31. The summed E-state index contributed by atoms with van der Waals surface area (Å²) < 4.78 is 18.3. The first-order valence-corrected chi connectivity index (χ1v) is 8.31. The van der Waals surface area contributed by atoms with Crippen LogP contribution in [0, 0.1) is 0 Å². The summed E-state index contributed by atoms with van der Waals surface area (Å²) in [5.74, 6) is 0. The van der Waals surface area contributed by atoms with Crippen LogP contribution in [0.5, 0.6) is 0 Å². The Morgan fingerprint density at radius 1 is 0.722 bits per heavy atom. The van der Waals surface area contributed by atoms with Crippen molar-refractivity contribution in [2.24, 2.45) is 0 Å². The second-order valence-electron chi connectivity index (χ2n) is 3.53. The summed E-state index contributed by atoms with van der Waals surface area (Å²) in [7, 11) is 4.81. The topological polar surface area (TPSA) is 34.1 Å². The Kier molecular flexibility index (Phi) is 6.19. The molecule has 18 heavy (non-hydrogen) atoms. The van der Waals surface area contributed by atoms with Crippen LogP contribution in [-0.2, 0) is 14.7 Å². The van der Waals surface area contributed by atoms with E-state index in [2.05, 4.69) is 82.0 Å². The molecule has 2 rings (SSSR count). The third kappa shape index (κ3) is 8.12. The van der Waals surface area contributed by atoms with Crippen LogP contribution < -0.4 is 0 Å². The SMILES string of the molecule is O=S(=O)(Cl)Cl.c1ccc(Cc2ccccc2)cc1. The summed E-state index contributed by atoms with van der Waals surface area (Å²) in [6.07, 6.45) is 1.03. The zero-order valence-corrected chi connectivity index (χ0v) is 11.8. The molecule has 5 heteroatoms. The van der Waals surface area contributed by atoms with Gasteiger partial charge in [0.25, 0.3) is 0 Å². The average molecular weight is 303 g/mol. The minimum atomic E-state index is -3.72. The first kappa shape index (κ1) is 15.0. The van der Waals surface area contributed by atoms with Crippen molar-refractivity contribution < 1.29 is 8.42 Å². The van der Waals surface area contributed by atoms with E-state index in [1.807, 2.05) is 0 Å². The van der Waals surface area contributed by atoms with Gasteiger partial charge in [0, 0.05) is 21.4 Å². The molecule has 2 aromatic carbocycles. The molecule has 0 amide bonds. The molecular formula is C13H12Cl2O2S. The number of halogens is 2. The van der Waals surface area contributed by atoms with E-state index in [1.54, 1.807) is 0 Å². The predicted octanol–water partition coefficient (Wildman–Crippen LogP) is 3.99. The van der Waals surface area contributed by atoms with Gasteiger partial charge in [0.05, 0.1) is 0 Å². The minimum absolute atomic E-state index is 1.03. The molecule has 0 aliphatic carbocycles. The Morgan fingerprint density at radius 3 is 1.28 bits per heavy atom. The molecule has 0 bridgehead atoms. The van der Waals surface area contributed by atoms with Crippen molar-refractivity contribution in [2.75, 3.05) is 0 Å². The molecule has 0 aliphatic rings. The maximum Gasteiger partial charge on any atom is 0.317 e. The molecule has 0 saturated carbocycles. The fraction of sp³-hybridized carbons (Fsp3) is 0.0769. The van der Waals surface area contributed by atoms with Crippen molar-refractivity contribution in [2.45, 2.75) is 6.42 Å². The van der Waals surface area contributed by atoms with Gasteiger partial charge in [0.15, 0.2) is 0 Å². The minimum Gasteiger partial charge on any atom is -0.195 e. The van der Waals surface area contributed by atoms with Gasteiger partial charge in [-0.2, -0.15) is 8.42 Å². The van der Waals surface area contributed by atoms with Gasteiger partial charge in [-0.15, -0.1) is 0 Å². The van der Waals surface area contributed by atoms with Gasteiger partial charge in [-0.1, -0.05) is 60.7 Å². The normalized spacial score (nSPS) is 10.3. The quantitative estimate of drug-likeness (QED) is 0.786. The van der Waals surface area contributed by atoms with Gasteiger partial charge in [-0.05, 0) is 17.5 Å². The molecule has 0 unspecified atom stereocenters. The Labute approximate surface area is 116 Å². The van der Waals surface area contributed by atoms with E-state index in [9.17, 15) is 0 Å². The molecule has 0 aliphatic heterocycles. The van der Waals surface area contributed by atoms with E-state index in [-0.39, 0.29) is 0 Å². The number of rotatable bonds is 2. The third-order valence-electron chi connectivity index (χ3n) is 2.09. The summed E-state index contributed by atoms with van der Waals surface area (Å²) in [4.78, 5) is 0. The van der Waals surface area contributed by atoms with E-state index in [4.69, 9.17) is 8.42 Å². The lowest BCUT2D eigenvalue weighted by molar-refractivity contribution is 0.621. The molecule has 0 fully saturated rings. The molecule has 0 radical (unpaired) electrons. The Balaban J connectivity index is 0.000000280. The van der Waals surface area contributed by atoms with Crippen LogP contribution in [0.4, 0.5) is 0 Å². The molecule has 2 aromatic rings. The van der Waals surface area contributed by atoms with Crippen molar-refractivity contribution in [3.8, 4) is 0 Å². The van der Waals surface area contributed by atoms with Gasteiger partial charge >= 0.3 is 8.26 Å². The Hall–Kier alpha value is -1.03. The largest absolute Gasteiger partial charge is 0.317 e. The molecule has 0 aromatic heterocycles. The molecule has 0 spiro atoms. The third-order valence-corrected chi connectivity index (χ3v) is 2.09. The zero-order chi connectivity index (χ0) is 13.4. The standard InChI is InChI=1S/C13H12.Cl2O2S/c1-3-7-12(8-4-1)11-13-9-5-2-6-10-13;1-5(2,3)4/h1-10H,11H2;. The van der Waals surface area contributed by atoms with Crippen LogP contribution in [0.1, 0.15) is 11.1 Å². The molecule has 2 nitrogen and oxygen atoms in total. The van der Waals surface area contributed by atoms with Crippen LogP contribution in [0.3, 0.4) is 0 Å². The van der Waals surface area contributed by atoms with Gasteiger partial charge in [-0.25, -0.2) is 0 Å². The molecule has 0 heterocycles. The monoisotopic (exact) mass is 302 g/mol. The van der Waals surface area contributed by atoms with Gasteiger partial charge in [0.1, 0.15) is 0 Å². The zero-order valence-electron chi connectivity index (χ0n) is 9.46. The van der Waals surface area contributed by atoms with Gasteiger partial charge in [-0.3, -0.25) is 0 Å². The summed E-state index contributed by atoms with van der Waals surface area (Å²) in [6.45, 7) is 0. The van der Waals surface area contributed by atoms with Crippen molar-refractivity contribution >= 4 is 29.6 Å². The summed E-state index contributed by atoms with van der Waals surface area (Å²) >= 11 is 0. The number of benzene rings is 2. The fourth-order valence-electron chi connectivity index (χ4n) is 1.43. The highest BCUT2D eigenvalue weighted by atomic mass is 36.0. The second-order valence-corrected chi connectivity index (χ2v) is 7.19. The van der Waals surface area contributed by atoms with E-state index < -0.39 is 8.26 Å². The van der Waals surface area contributed by atoms with Crippen molar-refractivity contribution in [3.05, 3.63) is 71.8 Å². The van der Waals surface area contributed by atoms with E-state index in [0.29, 0.717) is 0 Å². The van der Waals surface area contributed by atoms with E-state index in [1.165, 1.54) is 11.1 Å². The van der Waals surface area contributed by atoms with E-state index in [0.717, 1.165) is 6.42 Å². The molecular weight excluding hydrogens is 291 g/mol. The average Bonchev–Trinajstić information content (AvgIpc) is 2.29. The van der Waals surface area contributed by atoms with E-state index >= 15 is 0 Å². The van der Waals surface area contributed by atoms with Crippen molar-refractivity contribution in [3.63, 3.8) is 0 Å². The molecule has 0 saturated heterocycles. The van der Waals surface area contributed by atoms with Crippen LogP contribution in [0.2, 0.25) is 0 Å².